The molecule has 5 heteroatoms. The molecule has 2 heterocycles. The van der Waals surface area contributed by atoms with E-state index in [1.54, 1.807) is 34.8 Å². The molecule has 3 aromatic rings. The Morgan fingerprint density at radius 1 is 1.00 bits per heavy atom. The Hall–Kier alpha value is -0.920. The third-order valence-electron chi connectivity index (χ3n) is 2.89. The molecule has 1 N–H and O–H groups in total. The van der Waals surface area contributed by atoms with Crippen LogP contribution < -0.4 is 5.32 Å². The third-order valence-corrected chi connectivity index (χ3v) is 5.65. The quantitative estimate of drug-likeness (QED) is 0.535. The maximum Gasteiger partial charge on any atom is 0.124 e. The molecule has 0 bridgehead atoms. The first-order valence-corrected chi connectivity index (χ1v) is 8.86. The molecule has 0 aliphatic rings. The maximum atomic E-state index is 13.2. The van der Waals surface area contributed by atoms with Crippen LogP contribution in [0, 0.1) is 9.39 Å². The van der Waals surface area contributed by atoms with Gasteiger partial charge in [0, 0.05) is 19.0 Å². The summed E-state index contributed by atoms with van der Waals surface area (Å²) in [6, 6.07) is 13.3. The average molecular weight is 415 g/mol. The van der Waals surface area contributed by atoms with E-state index in [4.69, 9.17) is 0 Å². The van der Waals surface area contributed by atoms with Crippen molar-refractivity contribution in [2.45, 2.75) is 6.04 Å². The fourth-order valence-corrected chi connectivity index (χ4v) is 4.25. The van der Waals surface area contributed by atoms with Gasteiger partial charge in [0.25, 0.3) is 0 Å². The molecule has 0 aliphatic carbocycles. The van der Waals surface area contributed by atoms with Crippen molar-refractivity contribution in [3.05, 3.63) is 72.4 Å². The molecule has 1 nitrogen and oxygen atoms in total. The van der Waals surface area contributed by atoms with E-state index in [1.807, 2.05) is 0 Å². The summed E-state index contributed by atoms with van der Waals surface area (Å²) < 4.78 is 14.1. The third kappa shape index (κ3) is 3.05. The van der Waals surface area contributed by atoms with Crippen LogP contribution in [0.25, 0.3) is 0 Å². The number of benzene rings is 1. The number of halogens is 2. The Morgan fingerprint density at radius 3 is 2.15 bits per heavy atom. The van der Waals surface area contributed by atoms with Gasteiger partial charge in [-0.3, -0.25) is 0 Å². The number of hydrogen-bond acceptors (Lipinski definition) is 3. The van der Waals surface area contributed by atoms with E-state index in [1.165, 1.54) is 15.8 Å². The molecule has 0 saturated carbocycles. The Kier molecular flexibility index (Phi) is 4.38. The highest BCUT2D eigenvalue weighted by atomic mass is 127. The predicted octanol–water partition coefficient (Wildman–Crippen LogP) is 5.75. The fraction of sp³-hybridized carbons (Fsp3) is 0.0667. The second-order valence-corrected chi connectivity index (χ2v) is 7.35. The zero-order valence-electron chi connectivity index (χ0n) is 10.3. The molecule has 2 aromatic heterocycles. The zero-order chi connectivity index (χ0) is 13.9. The lowest BCUT2D eigenvalue weighted by atomic mass is 10.2. The van der Waals surface area contributed by atoms with Crippen LogP contribution in [0.5, 0.6) is 0 Å². The van der Waals surface area contributed by atoms with Crippen LogP contribution in [0.1, 0.15) is 15.8 Å². The fourth-order valence-electron chi connectivity index (χ4n) is 1.96. The van der Waals surface area contributed by atoms with Crippen molar-refractivity contribution in [3.63, 3.8) is 0 Å². The molecule has 0 saturated heterocycles. The van der Waals surface area contributed by atoms with Gasteiger partial charge in [-0.05, 0) is 63.7 Å². The topological polar surface area (TPSA) is 12.0 Å². The molecule has 0 amide bonds. The normalized spacial score (nSPS) is 10.9. The first kappa shape index (κ1) is 14.0. The minimum atomic E-state index is -0.205. The van der Waals surface area contributed by atoms with E-state index in [0.29, 0.717) is 0 Å². The van der Waals surface area contributed by atoms with Gasteiger partial charge in [0.2, 0.25) is 0 Å². The van der Waals surface area contributed by atoms with Crippen molar-refractivity contribution in [3.8, 4) is 0 Å². The molecule has 0 spiro atoms. The number of anilines is 1. The van der Waals surface area contributed by atoms with Crippen LogP contribution in [0.3, 0.4) is 0 Å². The van der Waals surface area contributed by atoms with Gasteiger partial charge in [0.1, 0.15) is 5.82 Å². The molecule has 3 rings (SSSR count). The second-order valence-electron chi connectivity index (χ2n) is 4.23. The lowest BCUT2D eigenvalue weighted by Crippen LogP contribution is -2.10. The van der Waals surface area contributed by atoms with Crippen LogP contribution in [-0.2, 0) is 0 Å². The summed E-state index contributed by atoms with van der Waals surface area (Å²) in [6.07, 6.45) is 0. The van der Waals surface area contributed by atoms with Crippen molar-refractivity contribution in [1.29, 1.82) is 0 Å². The van der Waals surface area contributed by atoms with Gasteiger partial charge in [-0.1, -0.05) is 12.1 Å². The molecular weight excluding hydrogens is 404 g/mol. The molecule has 1 aromatic carbocycles. The second kappa shape index (κ2) is 6.24. The van der Waals surface area contributed by atoms with Gasteiger partial charge in [-0.2, -0.15) is 0 Å². The van der Waals surface area contributed by atoms with E-state index >= 15 is 0 Å². The molecule has 0 aliphatic heterocycles. The minimum absolute atomic E-state index is 0.119. The molecule has 0 fully saturated rings. The van der Waals surface area contributed by atoms with Crippen molar-refractivity contribution in [2.24, 2.45) is 0 Å². The summed E-state index contributed by atoms with van der Waals surface area (Å²) in [6.45, 7) is 0. The highest BCUT2D eigenvalue weighted by molar-refractivity contribution is 14.1. The van der Waals surface area contributed by atoms with Crippen molar-refractivity contribution < 1.29 is 4.39 Å². The number of thiophene rings is 2. The smallest absolute Gasteiger partial charge is 0.124 e. The maximum absolute atomic E-state index is 13.2. The zero-order valence-corrected chi connectivity index (χ0v) is 14.1. The monoisotopic (exact) mass is 415 g/mol. The van der Waals surface area contributed by atoms with Crippen molar-refractivity contribution in [2.75, 3.05) is 5.32 Å². The minimum Gasteiger partial charge on any atom is -0.372 e. The summed E-state index contributed by atoms with van der Waals surface area (Å²) in [7, 11) is 0. The Labute approximate surface area is 138 Å². The summed E-state index contributed by atoms with van der Waals surface area (Å²) in [5.74, 6) is -0.205. The highest BCUT2D eigenvalue weighted by Crippen LogP contribution is 2.33. The summed E-state index contributed by atoms with van der Waals surface area (Å²) in [5, 5.41) is 7.68. The SMILES string of the molecule is Fc1ccc(NC(c2cccs2)c2cccs2)c(I)c1. The lowest BCUT2D eigenvalue weighted by molar-refractivity contribution is 0.627. The molecular formula is C15H11FINS2. The van der Waals surface area contributed by atoms with Gasteiger partial charge in [0.05, 0.1) is 6.04 Å². The molecule has 20 heavy (non-hydrogen) atoms. The predicted molar refractivity (Wildman–Crippen MR) is 93.2 cm³/mol. The van der Waals surface area contributed by atoms with Crippen LogP contribution in [0.2, 0.25) is 0 Å². The van der Waals surface area contributed by atoms with E-state index in [0.717, 1.165) is 9.26 Å². The molecule has 0 atom stereocenters. The van der Waals surface area contributed by atoms with E-state index in [2.05, 4.69) is 62.9 Å². The molecule has 102 valence electrons. The van der Waals surface area contributed by atoms with Gasteiger partial charge >= 0.3 is 0 Å². The average Bonchev–Trinajstić information content (AvgIpc) is 3.11. The summed E-state index contributed by atoms with van der Waals surface area (Å²) >= 11 is 5.61. The van der Waals surface area contributed by atoms with E-state index < -0.39 is 0 Å². The number of hydrogen-bond donors (Lipinski definition) is 1. The first-order chi connectivity index (χ1) is 9.74. The van der Waals surface area contributed by atoms with E-state index in [-0.39, 0.29) is 11.9 Å². The Bertz CT molecular complexity index is 646. The van der Waals surface area contributed by atoms with Gasteiger partial charge in [-0.25, -0.2) is 4.39 Å². The summed E-state index contributed by atoms with van der Waals surface area (Å²) in [5.41, 5.74) is 0.957. The van der Waals surface area contributed by atoms with Gasteiger partial charge in [-0.15, -0.1) is 22.7 Å². The van der Waals surface area contributed by atoms with E-state index in [9.17, 15) is 4.39 Å². The first-order valence-electron chi connectivity index (χ1n) is 6.02. The van der Waals surface area contributed by atoms with Crippen molar-refractivity contribution >= 4 is 51.0 Å². The Morgan fingerprint density at radius 2 is 1.65 bits per heavy atom. The van der Waals surface area contributed by atoms with Gasteiger partial charge in [0.15, 0.2) is 0 Å². The standard InChI is InChI=1S/C15H11FINS2/c16-10-5-6-12(11(17)9-10)18-15(13-3-1-7-19-13)14-4-2-8-20-14/h1-9,15,18H. The van der Waals surface area contributed by atoms with Crippen LogP contribution >= 0.6 is 45.3 Å². The van der Waals surface area contributed by atoms with Crippen LogP contribution in [0.15, 0.2) is 53.2 Å². The highest BCUT2D eigenvalue weighted by Gasteiger charge is 2.17. The van der Waals surface area contributed by atoms with Crippen LogP contribution in [-0.4, -0.2) is 0 Å². The lowest BCUT2D eigenvalue weighted by Gasteiger charge is -2.18. The number of rotatable bonds is 4. The van der Waals surface area contributed by atoms with Crippen molar-refractivity contribution in [1.82, 2.24) is 0 Å². The largest absolute Gasteiger partial charge is 0.372 e. The number of nitrogens with one attached hydrogen (secondary N) is 1. The summed E-state index contributed by atoms with van der Waals surface area (Å²) in [4.78, 5) is 2.51. The van der Waals surface area contributed by atoms with Gasteiger partial charge < -0.3 is 5.32 Å². The molecule has 0 radical (unpaired) electrons. The van der Waals surface area contributed by atoms with Crippen LogP contribution in [0.4, 0.5) is 10.1 Å². The molecule has 0 unspecified atom stereocenters. The Balaban J connectivity index is 1.95.